The first-order chi connectivity index (χ1) is 9.10. The Balaban J connectivity index is 2.27. The zero-order chi connectivity index (χ0) is 13.8. The number of halogens is 1. The Hall–Kier alpha value is -2.16. The summed E-state index contributed by atoms with van der Waals surface area (Å²) >= 11 is 0. The molecule has 0 unspecified atom stereocenters. The Bertz CT molecular complexity index is 620. The molecular formula is C16H17FNO+. The fraction of sp³-hybridized carbons (Fsp3) is 0.188. The molecular weight excluding hydrogens is 241 g/mol. The molecule has 2 nitrogen and oxygen atoms in total. The van der Waals surface area contributed by atoms with Crippen molar-refractivity contribution in [2.24, 2.45) is 7.05 Å². The molecule has 3 heteroatoms. The second kappa shape index (κ2) is 5.65. The largest absolute Gasteiger partial charge is 0.494 e. The lowest BCUT2D eigenvalue weighted by Crippen LogP contribution is -2.30. The minimum absolute atomic E-state index is 0.262. The van der Waals surface area contributed by atoms with E-state index in [1.54, 1.807) is 6.07 Å². The minimum atomic E-state index is -0.349. The maximum absolute atomic E-state index is 13.6. The van der Waals surface area contributed by atoms with Crippen LogP contribution in [0.2, 0.25) is 0 Å². The van der Waals surface area contributed by atoms with Crippen LogP contribution in [0.15, 0.2) is 36.5 Å². The van der Waals surface area contributed by atoms with Crippen LogP contribution in [-0.4, -0.2) is 7.11 Å². The highest BCUT2D eigenvalue weighted by molar-refractivity contribution is 5.67. The molecule has 0 bridgehead atoms. The molecule has 0 amide bonds. The van der Waals surface area contributed by atoms with Gasteiger partial charge in [0.2, 0.25) is 5.69 Å². The topological polar surface area (TPSA) is 13.1 Å². The predicted octanol–water partition coefficient (Wildman–Crippen LogP) is 3.14. The summed E-state index contributed by atoms with van der Waals surface area (Å²) in [5, 5.41) is 0. The molecule has 0 aliphatic carbocycles. The molecule has 0 saturated carbocycles. The summed E-state index contributed by atoms with van der Waals surface area (Å²) in [6, 6.07) is 9.05. The Labute approximate surface area is 112 Å². The standard InChI is InChI=1S/C16H17FNO/c1-12-8-9-18(2)14(10-12)6-4-13-5-7-16(19-3)15(17)11-13/h4-11H,1-3H3/q+1/b6-4+. The molecule has 2 aromatic rings. The molecule has 0 saturated heterocycles. The van der Waals surface area contributed by atoms with Gasteiger partial charge >= 0.3 is 0 Å². The first-order valence-corrected chi connectivity index (χ1v) is 6.08. The quantitative estimate of drug-likeness (QED) is 0.771. The van der Waals surface area contributed by atoms with Crippen LogP contribution in [0.1, 0.15) is 16.8 Å². The van der Waals surface area contributed by atoms with Crippen LogP contribution >= 0.6 is 0 Å². The van der Waals surface area contributed by atoms with Gasteiger partial charge in [-0.15, -0.1) is 0 Å². The van der Waals surface area contributed by atoms with Gasteiger partial charge in [-0.05, 0) is 36.3 Å². The Kier molecular flexibility index (Phi) is 3.95. The average Bonchev–Trinajstić information content (AvgIpc) is 2.40. The van der Waals surface area contributed by atoms with E-state index in [4.69, 9.17) is 4.74 Å². The van der Waals surface area contributed by atoms with Gasteiger partial charge in [-0.25, -0.2) is 8.96 Å². The van der Waals surface area contributed by atoms with Crippen LogP contribution in [0.25, 0.3) is 12.2 Å². The third-order valence-corrected chi connectivity index (χ3v) is 2.97. The van der Waals surface area contributed by atoms with E-state index in [1.807, 2.05) is 49.0 Å². The third-order valence-electron chi connectivity index (χ3n) is 2.97. The van der Waals surface area contributed by atoms with Crippen molar-refractivity contribution in [2.45, 2.75) is 6.92 Å². The summed E-state index contributed by atoms with van der Waals surface area (Å²) in [5.41, 5.74) is 3.06. The number of rotatable bonds is 3. The number of hydrogen-bond donors (Lipinski definition) is 0. The molecule has 0 spiro atoms. The molecule has 0 aliphatic rings. The SMILES string of the molecule is COc1ccc(/C=C/c2cc(C)cc[n+]2C)cc1F. The molecule has 19 heavy (non-hydrogen) atoms. The van der Waals surface area contributed by atoms with Gasteiger partial charge in [0.15, 0.2) is 17.8 Å². The van der Waals surface area contributed by atoms with E-state index in [9.17, 15) is 4.39 Å². The lowest BCUT2D eigenvalue weighted by molar-refractivity contribution is -0.673. The van der Waals surface area contributed by atoms with Crippen molar-refractivity contribution in [3.8, 4) is 5.75 Å². The molecule has 1 aromatic heterocycles. The normalized spacial score (nSPS) is 10.9. The van der Waals surface area contributed by atoms with Crippen LogP contribution in [0, 0.1) is 12.7 Å². The van der Waals surface area contributed by atoms with Crippen LogP contribution in [0.5, 0.6) is 5.75 Å². The van der Waals surface area contributed by atoms with Crippen LogP contribution in [-0.2, 0) is 7.05 Å². The van der Waals surface area contributed by atoms with Crippen molar-refractivity contribution in [3.63, 3.8) is 0 Å². The highest BCUT2D eigenvalue weighted by atomic mass is 19.1. The number of hydrogen-bond acceptors (Lipinski definition) is 1. The maximum Gasteiger partial charge on any atom is 0.205 e. The minimum Gasteiger partial charge on any atom is -0.494 e. The van der Waals surface area contributed by atoms with E-state index in [-0.39, 0.29) is 11.6 Å². The summed E-state index contributed by atoms with van der Waals surface area (Å²) in [7, 11) is 3.44. The molecule has 98 valence electrons. The first kappa shape index (κ1) is 13.3. The van der Waals surface area contributed by atoms with E-state index in [2.05, 4.69) is 6.07 Å². The fourth-order valence-corrected chi connectivity index (χ4v) is 1.83. The monoisotopic (exact) mass is 258 g/mol. The van der Waals surface area contributed by atoms with Gasteiger partial charge in [0, 0.05) is 18.2 Å². The van der Waals surface area contributed by atoms with Gasteiger partial charge in [0.25, 0.3) is 0 Å². The number of ether oxygens (including phenoxy) is 1. The van der Waals surface area contributed by atoms with Gasteiger partial charge in [-0.2, -0.15) is 0 Å². The molecule has 0 aliphatic heterocycles. The number of aryl methyl sites for hydroxylation is 2. The van der Waals surface area contributed by atoms with Crippen molar-refractivity contribution < 1.29 is 13.7 Å². The van der Waals surface area contributed by atoms with Crippen LogP contribution < -0.4 is 9.30 Å². The summed E-state index contributed by atoms with van der Waals surface area (Å²) in [6.45, 7) is 2.05. The van der Waals surface area contributed by atoms with Crippen LogP contribution in [0.3, 0.4) is 0 Å². The second-order valence-corrected chi connectivity index (χ2v) is 4.47. The summed E-state index contributed by atoms with van der Waals surface area (Å²) < 4.78 is 20.5. The van der Waals surface area contributed by atoms with E-state index >= 15 is 0 Å². The number of nitrogens with zero attached hydrogens (tertiary/aromatic N) is 1. The highest BCUT2D eigenvalue weighted by Crippen LogP contribution is 2.18. The molecule has 2 rings (SSSR count). The summed E-state index contributed by atoms with van der Waals surface area (Å²) in [6.07, 6.45) is 5.86. The van der Waals surface area contributed by atoms with Gasteiger partial charge in [-0.1, -0.05) is 6.07 Å². The average molecular weight is 258 g/mol. The van der Waals surface area contributed by atoms with E-state index < -0.39 is 0 Å². The Morgan fingerprint density at radius 2 is 1.95 bits per heavy atom. The third kappa shape index (κ3) is 3.19. The van der Waals surface area contributed by atoms with Gasteiger partial charge in [0.1, 0.15) is 7.05 Å². The van der Waals surface area contributed by atoms with Crippen LogP contribution in [0.4, 0.5) is 4.39 Å². The van der Waals surface area contributed by atoms with Crippen molar-refractivity contribution in [2.75, 3.05) is 7.11 Å². The first-order valence-electron chi connectivity index (χ1n) is 6.08. The predicted molar refractivity (Wildman–Crippen MR) is 74.2 cm³/mol. The molecule has 0 radical (unpaired) electrons. The zero-order valence-corrected chi connectivity index (χ0v) is 11.4. The number of methoxy groups -OCH3 is 1. The van der Waals surface area contributed by atoms with E-state index in [0.29, 0.717) is 0 Å². The van der Waals surface area contributed by atoms with E-state index in [1.165, 1.54) is 18.7 Å². The lowest BCUT2D eigenvalue weighted by Gasteiger charge is -2.01. The smallest absolute Gasteiger partial charge is 0.205 e. The lowest BCUT2D eigenvalue weighted by atomic mass is 10.1. The number of pyridine rings is 1. The number of aromatic nitrogens is 1. The molecule has 1 aromatic carbocycles. The molecule has 0 atom stereocenters. The summed E-state index contributed by atoms with van der Waals surface area (Å²) in [5.74, 6) is -0.0865. The molecule has 0 N–H and O–H groups in total. The van der Waals surface area contributed by atoms with Crippen molar-refractivity contribution >= 4 is 12.2 Å². The van der Waals surface area contributed by atoms with Gasteiger partial charge in [-0.3, -0.25) is 0 Å². The fourth-order valence-electron chi connectivity index (χ4n) is 1.83. The Morgan fingerprint density at radius 3 is 2.63 bits per heavy atom. The Morgan fingerprint density at radius 1 is 1.16 bits per heavy atom. The maximum atomic E-state index is 13.6. The van der Waals surface area contributed by atoms with Gasteiger partial charge in [0.05, 0.1) is 7.11 Å². The van der Waals surface area contributed by atoms with Crippen molar-refractivity contribution in [1.82, 2.24) is 0 Å². The summed E-state index contributed by atoms with van der Waals surface area (Å²) in [4.78, 5) is 0. The van der Waals surface area contributed by atoms with Crippen molar-refractivity contribution in [3.05, 3.63) is 59.2 Å². The molecule has 1 heterocycles. The van der Waals surface area contributed by atoms with Gasteiger partial charge < -0.3 is 4.74 Å². The number of benzene rings is 1. The molecule has 0 fully saturated rings. The van der Waals surface area contributed by atoms with E-state index in [0.717, 1.165) is 11.3 Å². The second-order valence-electron chi connectivity index (χ2n) is 4.47. The zero-order valence-electron chi connectivity index (χ0n) is 11.4. The van der Waals surface area contributed by atoms with Crippen molar-refractivity contribution in [1.29, 1.82) is 0 Å². The highest BCUT2D eigenvalue weighted by Gasteiger charge is 2.04.